The minimum absolute atomic E-state index is 0.0244. The Labute approximate surface area is 231 Å². The number of imide groups is 1. The first-order chi connectivity index (χ1) is 18.3. The molecule has 1 heterocycles. The van der Waals surface area contributed by atoms with Crippen molar-refractivity contribution in [2.75, 3.05) is 6.61 Å². The number of rotatable bonds is 6. The normalized spacial score (nSPS) is 33.9. The van der Waals surface area contributed by atoms with Gasteiger partial charge in [0.15, 0.2) is 0 Å². The van der Waals surface area contributed by atoms with Gasteiger partial charge in [-0.1, -0.05) is 58.4 Å². The molecule has 0 spiro atoms. The molecule has 2 saturated carbocycles. The maximum atomic E-state index is 11.4. The highest BCUT2D eigenvalue weighted by atomic mass is 16.4. The van der Waals surface area contributed by atoms with Crippen molar-refractivity contribution in [2.24, 2.45) is 39.9 Å². The highest BCUT2D eigenvalue weighted by Gasteiger charge is 2.54. The molecule has 0 aromatic rings. The van der Waals surface area contributed by atoms with E-state index in [-0.39, 0.29) is 41.1 Å². The standard InChI is InChI=1S/C13H20O2.C11H16O3.C7H9NO2/c1-12(2,3)13-6-4-9(5-7-13)8-10(13)11(14)15;12-6-5-11(10(13)14)7-8-1-3-9(11)4-2-8;1-2-3-5-4-6(9)8-7(5)10/h4,6,9-10H,5,7-8H2,1-3H3,(H,14,15);1,3,8-9,12H,2,4-7H2,(H,13,14);4H,2-3H2,1H3,(H,8,9,10). The number of fused-ring (bicyclic) bond motifs is 4. The van der Waals surface area contributed by atoms with Crippen molar-refractivity contribution in [3.05, 3.63) is 36.0 Å². The Morgan fingerprint density at radius 1 is 1.05 bits per heavy atom. The molecule has 6 atom stereocenters. The fraction of sp³-hybridized carbons (Fsp3) is 0.677. The van der Waals surface area contributed by atoms with Crippen molar-refractivity contribution in [1.82, 2.24) is 5.32 Å². The average molecular weight is 544 g/mol. The second-order valence-electron chi connectivity index (χ2n) is 12.8. The molecule has 39 heavy (non-hydrogen) atoms. The lowest BCUT2D eigenvalue weighted by Gasteiger charge is -2.54. The zero-order valence-corrected chi connectivity index (χ0v) is 23.7. The van der Waals surface area contributed by atoms with Crippen molar-refractivity contribution < 1.29 is 34.5 Å². The molecule has 2 fully saturated rings. The number of carbonyl (C=O) groups excluding carboxylic acids is 2. The molecule has 0 aromatic carbocycles. The van der Waals surface area contributed by atoms with E-state index in [9.17, 15) is 29.4 Å². The summed E-state index contributed by atoms with van der Waals surface area (Å²) in [5.74, 6) is -0.971. The van der Waals surface area contributed by atoms with Gasteiger partial charge in [-0.05, 0) is 74.5 Å². The highest BCUT2D eigenvalue weighted by molar-refractivity contribution is 6.16. The van der Waals surface area contributed by atoms with E-state index in [1.165, 1.54) is 6.08 Å². The van der Waals surface area contributed by atoms with Gasteiger partial charge in [-0.15, -0.1) is 0 Å². The molecule has 7 aliphatic rings. The van der Waals surface area contributed by atoms with Crippen LogP contribution < -0.4 is 5.32 Å². The van der Waals surface area contributed by atoms with Gasteiger partial charge < -0.3 is 15.3 Å². The molecule has 4 bridgehead atoms. The summed E-state index contributed by atoms with van der Waals surface area (Å²) < 4.78 is 0. The van der Waals surface area contributed by atoms with Crippen molar-refractivity contribution >= 4 is 23.8 Å². The van der Waals surface area contributed by atoms with Crippen molar-refractivity contribution in [3.8, 4) is 0 Å². The van der Waals surface area contributed by atoms with E-state index in [0.29, 0.717) is 36.7 Å². The molecule has 0 saturated heterocycles. The van der Waals surface area contributed by atoms with Crippen LogP contribution in [-0.2, 0) is 19.2 Å². The first-order valence-corrected chi connectivity index (χ1v) is 14.3. The number of aliphatic hydroxyl groups excluding tert-OH is 1. The van der Waals surface area contributed by atoms with Crippen LogP contribution in [0.3, 0.4) is 0 Å². The summed E-state index contributed by atoms with van der Waals surface area (Å²) >= 11 is 0. The lowest BCUT2D eigenvalue weighted by molar-refractivity contribution is -0.157. The molecule has 1 aliphatic heterocycles. The van der Waals surface area contributed by atoms with Crippen LogP contribution in [0, 0.1) is 39.9 Å². The van der Waals surface area contributed by atoms with Crippen LogP contribution in [0.15, 0.2) is 36.0 Å². The lowest BCUT2D eigenvalue weighted by Crippen LogP contribution is -2.50. The molecule has 2 amide bonds. The van der Waals surface area contributed by atoms with Crippen LogP contribution in [0.1, 0.15) is 85.5 Å². The number of amides is 2. The van der Waals surface area contributed by atoms with E-state index in [1.807, 2.05) is 13.0 Å². The summed E-state index contributed by atoms with van der Waals surface area (Å²) in [4.78, 5) is 44.0. The molecule has 7 rings (SSSR count). The smallest absolute Gasteiger partial charge is 0.310 e. The fourth-order valence-electron chi connectivity index (χ4n) is 7.25. The molecule has 6 aliphatic carbocycles. The topological polar surface area (TPSA) is 141 Å². The maximum absolute atomic E-state index is 11.4. The summed E-state index contributed by atoms with van der Waals surface area (Å²) in [5.41, 5.74) is -0.148. The Morgan fingerprint density at radius 2 is 1.77 bits per heavy atom. The van der Waals surface area contributed by atoms with Gasteiger partial charge in [-0.2, -0.15) is 0 Å². The third-order valence-corrected chi connectivity index (χ3v) is 9.59. The number of nitrogens with one attached hydrogen (secondary N) is 1. The summed E-state index contributed by atoms with van der Waals surface area (Å²) in [6.45, 7) is 8.44. The van der Waals surface area contributed by atoms with Crippen LogP contribution in [0.5, 0.6) is 0 Å². The second-order valence-corrected chi connectivity index (χ2v) is 12.8. The maximum Gasteiger partial charge on any atom is 0.310 e. The first kappa shape index (κ1) is 30.8. The number of allylic oxidation sites excluding steroid dienone is 4. The van der Waals surface area contributed by atoms with Crippen LogP contribution >= 0.6 is 0 Å². The van der Waals surface area contributed by atoms with Crippen LogP contribution in [0.4, 0.5) is 0 Å². The average Bonchev–Trinajstić information content (AvgIpc) is 3.22. The Bertz CT molecular complexity index is 1050. The highest BCUT2D eigenvalue weighted by Crippen LogP contribution is 2.58. The fourth-order valence-corrected chi connectivity index (χ4v) is 7.25. The second kappa shape index (κ2) is 12.2. The number of carbonyl (C=O) groups is 4. The van der Waals surface area contributed by atoms with E-state index >= 15 is 0 Å². The first-order valence-electron chi connectivity index (χ1n) is 14.3. The van der Waals surface area contributed by atoms with Gasteiger partial charge in [0.2, 0.25) is 0 Å². The lowest BCUT2D eigenvalue weighted by atomic mass is 9.50. The van der Waals surface area contributed by atoms with Crippen molar-refractivity contribution in [3.63, 3.8) is 0 Å². The van der Waals surface area contributed by atoms with Gasteiger partial charge in [-0.25, -0.2) is 0 Å². The van der Waals surface area contributed by atoms with Gasteiger partial charge >= 0.3 is 11.9 Å². The Kier molecular flexibility index (Phi) is 9.63. The van der Waals surface area contributed by atoms with Crippen LogP contribution in [0.2, 0.25) is 0 Å². The van der Waals surface area contributed by atoms with Gasteiger partial charge in [-0.3, -0.25) is 24.5 Å². The summed E-state index contributed by atoms with van der Waals surface area (Å²) in [6, 6.07) is 0. The third-order valence-electron chi connectivity index (χ3n) is 9.59. The van der Waals surface area contributed by atoms with Crippen LogP contribution in [0.25, 0.3) is 0 Å². The number of hydrogen-bond acceptors (Lipinski definition) is 5. The molecule has 216 valence electrons. The predicted molar refractivity (Wildman–Crippen MR) is 147 cm³/mol. The Balaban J connectivity index is 0.000000165. The van der Waals surface area contributed by atoms with Gasteiger partial charge in [0.25, 0.3) is 11.8 Å². The van der Waals surface area contributed by atoms with Crippen LogP contribution in [-0.4, -0.2) is 45.7 Å². The van der Waals surface area contributed by atoms with E-state index < -0.39 is 17.4 Å². The van der Waals surface area contributed by atoms with Gasteiger partial charge in [0.05, 0.1) is 11.3 Å². The molecular weight excluding hydrogens is 498 g/mol. The van der Waals surface area contributed by atoms with E-state index in [2.05, 4.69) is 44.3 Å². The summed E-state index contributed by atoms with van der Waals surface area (Å²) in [5, 5.41) is 29.8. The Hall–Kier alpha value is -2.74. The predicted octanol–water partition coefficient (Wildman–Crippen LogP) is 4.88. The quantitative estimate of drug-likeness (QED) is 0.276. The largest absolute Gasteiger partial charge is 0.481 e. The van der Waals surface area contributed by atoms with Crippen molar-refractivity contribution in [1.29, 1.82) is 0 Å². The molecule has 8 nitrogen and oxygen atoms in total. The zero-order chi connectivity index (χ0) is 29.0. The summed E-state index contributed by atoms with van der Waals surface area (Å²) in [7, 11) is 0. The number of aliphatic carboxylic acids is 2. The van der Waals surface area contributed by atoms with E-state index in [0.717, 1.165) is 38.5 Å². The number of hydrogen-bond donors (Lipinski definition) is 4. The SMILES string of the molecule is CC(C)(C)C12C=CC(CC1)CC2C(=O)O.CCCC1=CC(=O)NC1=O.O=C(O)C1(CCO)CC2C=CC1CC2. The minimum Gasteiger partial charge on any atom is -0.481 e. The zero-order valence-electron chi connectivity index (χ0n) is 23.7. The molecule has 6 unspecified atom stereocenters. The molecular formula is C31H45NO7. The Morgan fingerprint density at radius 3 is 2.13 bits per heavy atom. The minimum atomic E-state index is -0.731. The number of aliphatic hydroxyl groups is 1. The monoisotopic (exact) mass is 543 g/mol. The molecule has 4 N–H and O–H groups in total. The molecule has 8 heteroatoms. The van der Waals surface area contributed by atoms with Gasteiger partial charge in [0, 0.05) is 23.7 Å². The summed E-state index contributed by atoms with van der Waals surface area (Å²) in [6.07, 6.45) is 17.8. The van der Waals surface area contributed by atoms with Crippen molar-refractivity contribution in [2.45, 2.75) is 85.5 Å². The van der Waals surface area contributed by atoms with E-state index in [4.69, 9.17) is 5.11 Å². The third kappa shape index (κ3) is 6.37. The molecule has 0 aromatic heterocycles. The molecule has 0 radical (unpaired) electrons. The van der Waals surface area contributed by atoms with Gasteiger partial charge in [0.1, 0.15) is 0 Å². The number of carboxylic acid groups (broad SMARTS) is 2. The van der Waals surface area contributed by atoms with E-state index in [1.54, 1.807) is 0 Å². The number of carboxylic acids is 2.